The van der Waals surface area contributed by atoms with Crippen LogP contribution in [0.15, 0.2) is 0 Å². The Labute approximate surface area is 122 Å². The van der Waals surface area contributed by atoms with E-state index in [1.807, 2.05) is 0 Å². The summed E-state index contributed by atoms with van der Waals surface area (Å²) >= 11 is 0. The Hall–Kier alpha value is -0.610. The summed E-state index contributed by atoms with van der Waals surface area (Å²) < 4.78 is 5.57. The zero-order chi connectivity index (χ0) is 14.1. The van der Waals surface area contributed by atoms with Crippen LogP contribution in [-0.2, 0) is 9.53 Å². The normalized spacial score (nSPS) is 39.4. The van der Waals surface area contributed by atoms with Crippen molar-refractivity contribution in [3.8, 4) is 0 Å². The molecule has 0 aromatic carbocycles. The van der Waals surface area contributed by atoms with Gasteiger partial charge in [-0.15, -0.1) is 0 Å². The van der Waals surface area contributed by atoms with E-state index in [9.17, 15) is 4.79 Å². The second-order valence-corrected chi connectivity index (χ2v) is 6.80. The first-order valence-electron chi connectivity index (χ1n) is 8.34. The average Bonchev–Trinajstić information content (AvgIpc) is 3.09. The van der Waals surface area contributed by atoms with Crippen LogP contribution in [-0.4, -0.2) is 59.6 Å². The molecule has 0 aromatic rings. The molecule has 0 aromatic heterocycles. The lowest BCUT2D eigenvalue weighted by atomic mass is 10.0. The lowest BCUT2D eigenvalue weighted by Crippen LogP contribution is -2.54. The SMILES string of the molecule is CC1CCC(C)N1C1CCCN(C(=O)C2CCCO2)C1. The predicted molar refractivity (Wildman–Crippen MR) is 78.6 cm³/mol. The highest BCUT2D eigenvalue weighted by molar-refractivity contribution is 5.81. The first-order chi connectivity index (χ1) is 9.66. The Morgan fingerprint density at radius 2 is 1.80 bits per heavy atom. The number of likely N-dealkylation sites (tertiary alicyclic amines) is 2. The summed E-state index contributed by atoms with van der Waals surface area (Å²) in [4.78, 5) is 17.2. The Morgan fingerprint density at radius 3 is 2.45 bits per heavy atom. The summed E-state index contributed by atoms with van der Waals surface area (Å²) in [5, 5.41) is 0. The van der Waals surface area contributed by atoms with Crippen LogP contribution in [0.1, 0.15) is 52.4 Å². The molecule has 4 heteroatoms. The Kier molecular flexibility index (Phi) is 4.32. The molecule has 0 radical (unpaired) electrons. The van der Waals surface area contributed by atoms with Gasteiger partial charge in [0, 0.05) is 37.8 Å². The summed E-state index contributed by atoms with van der Waals surface area (Å²) in [6.45, 7) is 7.27. The maximum atomic E-state index is 12.5. The van der Waals surface area contributed by atoms with E-state index < -0.39 is 0 Å². The summed E-state index contributed by atoms with van der Waals surface area (Å²) in [5.74, 6) is 0.242. The molecule has 0 aliphatic carbocycles. The topological polar surface area (TPSA) is 32.8 Å². The van der Waals surface area contributed by atoms with E-state index in [1.165, 1.54) is 19.3 Å². The number of piperidine rings is 1. The van der Waals surface area contributed by atoms with Crippen LogP contribution in [0.4, 0.5) is 0 Å². The molecule has 20 heavy (non-hydrogen) atoms. The van der Waals surface area contributed by atoms with E-state index in [0.29, 0.717) is 18.1 Å². The maximum Gasteiger partial charge on any atom is 0.251 e. The molecule has 114 valence electrons. The third-order valence-electron chi connectivity index (χ3n) is 5.36. The lowest BCUT2D eigenvalue weighted by molar-refractivity contribution is -0.143. The van der Waals surface area contributed by atoms with Gasteiger partial charge in [0.1, 0.15) is 6.10 Å². The number of hydrogen-bond donors (Lipinski definition) is 0. The van der Waals surface area contributed by atoms with Crippen molar-refractivity contribution in [1.82, 2.24) is 9.80 Å². The summed E-state index contributed by atoms with van der Waals surface area (Å²) in [7, 11) is 0. The highest BCUT2D eigenvalue weighted by Crippen LogP contribution is 2.30. The smallest absolute Gasteiger partial charge is 0.251 e. The predicted octanol–water partition coefficient (Wildman–Crippen LogP) is 2.03. The number of ether oxygens (including phenoxy) is 1. The van der Waals surface area contributed by atoms with Crippen molar-refractivity contribution in [2.45, 2.75) is 76.6 Å². The summed E-state index contributed by atoms with van der Waals surface area (Å²) in [6.07, 6.45) is 6.78. The van der Waals surface area contributed by atoms with Crippen LogP contribution < -0.4 is 0 Å². The lowest BCUT2D eigenvalue weighted by Gasteiger charge is -2.42. The van der Waals surface area contributed by atoms with Crippen molar-refractivity contribution in [3.05, 3.63) is 0 Å². The molecule has 0 saturated carbocycles. The minimum Gasteiger partial charge on any atom is -0.368 e. The maximum absolute atomic E-state index is 12.5. The van der Waals surface area contributed by atoms with Gasteiger partial charge in [0.15, 0.2) is 0 Å². The van der Waals surface area contributed by atoms with E-state index in [2.05, 4.69) is 23.6 Å². The molecule has 3 heterocycles. The second-order valence-electron chi connectivity index (χ2n) is 6.80. The molecular weight excluding hydrogens is 252 g/mol. The molecule has 3 aliphatic rings. The van der Waals surface area contributed by atoms with Gasteiger partial charge in [0.2, 0.25) is 0 Å². The van der Waals surface area contributed by atoms with Crippen LogP contribution in [0.3, 0.4) is 0 Å². The average molecular weight is 280 g/mol. The van der Waals surface area contributed by atoms with E-state index in [1.54, 1.807) is 0 Å². The molecule has 4 nitrogen and oxygen atoms in total. The molecule has 3 fully saturated rings. The van der Waals surface area contributed by atoms with Gasteiger partial charge in [0.25, 0.3) is 5.91 Å². The van der Waals surface area contributed by atoms with Gasteiger partial charge in [-0.05, 0) is 52.4 Å². The van der Waals surface area contributed by atoms with Gasteiger partial charge in [-0.3, -0.25) is 9.69 Å². The summed E-state index contributed by atoms with van der Waals surface area (Å²) in [6, 6.07) is 1.90. The highest BCUT2D eigenvalue weighted by Gasteiger charge is 2.38. The fourth-order valence-electron chi connectivity index (χ4n) is 4.31. The third-order valence-corrected chi connectivity index (χ3v) is 5.36. The highest BCUT2D eigenvalue weighted by atomic mass is 16.5. The van der Waals surface area contributed by atoms with Crippen LogP contribution in [0.25, 0.3) is 0 Å². The quantitative estimate of drug-likeness (QED) is 0.776. The molecule has 3 rings (SSSR count). The molecule has 0 N–H and O–H groups in total. The Balaban J connectivity index is 1.62. The molecule has 3 aliphatic heterocycles. The van der Waals surface area contributed by atoms with E-state index >= 15 is 0 Å². The zero-order valence-electron chi connectivity index (χ0n) is 12.9. The van der Waals surface area contributed by atoms with Crippen LogP contribution in [0.2, 0.25) is 0 Å². The van der Waals surface area contributed by atoms with Crippen LogP contribution in [0, 0.1) is 0 Å². The monoisotopic (exact) mass is 280 g/mol. The van der Waals surface area contributed by atoms with Gasteiger partial charge < -0.3 is 9.64 Å². The van der Waals surface area contributed by atoms with Crippen molar-refractivity contribution < 1.29 is 9.53 Å². The molecule has 3 saturated heterocycles. The Bertz CT molecular complexity index is 344. The first-order valence-corrected chi connectivity index (χ1v) is 8.34. The van der Waals surface area contributed by atoms with Crippen molar-refractivity contribution in [2.24, 2.45) is 0 Å². The fraction of sp³-hybridized carbons (Fsp3) is 0.938. The number of rotatable bonds is 2. The summed E-state index contributed by atoms with van der Waals surface area (Å²) in [5.41, 5.74) is 0. The first kappa shape index (κ1) is 14.3. The van der Waals surface area contributed by atoms with Gasteiger partial charge in [0.05, 0.1) is 0 Å². The van der Waals surface area contributed by atoms with Gasteiger partial charge in [-0.25, -0.2) is 0 Å². The van der Waals surface area contributed by atoms with Crippen LogP contribution >= 0.6 is 0 Å². The number of hydrogen-bond acceptors (Lipinski definition) is 3. The minimum atomic E-state index is -0.151. The molecule has 4 atom stereocenters. The molecule has 0 bridgehead atoms. The molecule has 0 spiro atoms. The van der Waals surface area contributed by atoms with E-state index in [-0.39, 0.29) is 12.0 Å². The number of amides is 1. The molecule has 1 amide bonds. The van der Waals surface area contributed by atoms with Gasteiger partial charge in [-0.1, -0.05) is 0 Å². The van der Waals surface area contributed by atoms with Crippen molar-refractivity contribution in [1.29, 1.82) is 0 Å². The van der Waals surface area contributed by atoms with Crippen molar-refractivity contribution in [2.75, 3.05) is 19.7 Å². The number of carbonyl (C=O) groups excluding carboxylic acids is 1. The zero-order valence-corrected chi connectivity index (χ0v) is 12.9. The van der Waals surface area contributed by atoms with Crippen molar-refractivity contribution in [3.63, 3.8) is 0 Å². The molecule has 4 unspecified atom stereocenters. The van der Waals surface area contributed by atoms with E-state index in [4.69, 9.17) is 4.74 Å². The van der Waals surface area contributed by atoms with Crippen molar-refractivity contribution >= 4 is 5.91 Å². The second kappa shape index (κ2) is 6.02. The van der Waals surface area contributed by atoms with Gasteiger partial charge in [-0.2, -0.15) is 0 Å². The standard InChI is InChI=1S/C16H28N2O2/c1-12-7-8-13(2)18(12)14-5-3-9-17(11-14)16(19)15-6-4-10-20-15/h12-15H,3-11H2,1-2H3. The molecular formula is C16H28N2O2. The van der Waals surface area contributed by atoms with Crippen LogP contribution in [0.5, 0.6) is 0 Å². The Morgan fingerprint density at radius 1 is 1.05 bits per heavy atom. The number of carbonyl (C=O) groups is 1. The fourth-order valence-corrected chi connectivity index (χ4v) is 4.31. The minimum absolute atomic E-state index is 0.151. The largest absolute Gasteiger partial charge is 0.368 e. The third kappa shape index (κ3) is 2.73. The van der Waals surface area contributed by atoms with Gasteiger partial charge >= 0.3 is 0 Å². The number of nitrogens with zero attached hydrogens (tertiary/aromatic N) is 2. The van der Waals surface area contributed by atoms with E-state index in [0.717, 1.165) is 39.0 Å².